The third-order valence-electron chi connectivity index (χ3n) is 4.80. The first kappa shape index (κ1) is 19.5. The van der Waals surface area contributed by atoms with E-state index in [0.717, 1.165) is 25.3 Å². The molecule has 0 spiro atoms. The van der Waals surface area contributed by atoms with E-state index in [0.29, 0.717) is 5.92 Å². The summed E-state index contributed by atoms with van der Waals surface area (Å²) in [6.07, 6.45) is -1.89. The van der Waals surface area contributed by atoms with Gasteiger partial charge in [0.05, 0.1) is 11.2 Å². The van der Waals surface area contributed by atoms with Crippen molar-refractivity contribution in [3.63, 3.8) is 0 Å². The molecule has 2 N–H and O–H groups in total. The first-order chi connectivity index (χ1) is 12.8. The minimum atomic E-state index is -2.87. The van der Waals surface area contributed by atoms with Crippen LogP contribution in [0.15, 0.2) is 30.5 Å². The van der Waals surface area contributed by atoms with Gasteiger partial charge in [-0.25, -0.2) is 22.5 Å². The van der Waals surface area contributed by atoms with Gasteiger partial charge in [-0.2, -0.15) is 0 Å². The van der Waals surface area contributed by atoms with Gasteiger partial charge in [0.2, 0.25) is 0 Å². The average Bonchev–Trinajstić information content (AvgIpc) is 2.99. The van der Waals surface area contributed by atoms with Gasteiger partial charge in [0.15, 0.2) is 0 Å². The highest BCUT2D eigenvalue weighted by atomic mass is 19.3. The van der Waals surface area contributed by atoms with Crippen LogP contribution in [0.3, 0.4) is 0 Å². The number of halogens is 4. The lowest BCUT2D eigenvalue weighted by molar-refractivity contribution is 0.135. The van der Waals surface area contributed by atoms with Gasteiger partial charge in [-0.15, -0.1) is 0 Å². The zero-order chi connectivity index (χ0) is 19.6. The van der Waals surface area contributed by atoms with Gasteiger partial charge < -0.3 is 10.5 Å². The van der Waals surface area contributed by atoms with Crippen LogP contribution in [-0.2, 0) is 0 Å². The number of ether oxygens (including phenoxy) is 1. The number of nitrogens with zero attached hydrogens (tertiary/aromatic N) is 2. The molecule has 1 saturated carbocycles. The van der Waals surface area contributed by atoms with E-state index in [9.17, 15) is 17.6 Å². The highest BCUT2D eigenvalue weighted by Crippen LogP contribution is 2.35. The Kier molecular flexibility index (Phi) is 5.64. The van der Waals surface area contributed by atoms with Crippen molar-refractivity contribution in [3.8, 4) is 17.0 Å². The van der Waals surface area contributed by atoms with Crippen molar-refractivity contribution >= 4 is 0 Å². The van der Waals surface area contributed by atoms with Crippen LogP contribution in [0.25, 0.3) is 11.3 Å². The number of rotatable bonds is 6. The molecule has 2 aromatic rings. The second kappa shape index (κ2) is 7.80. The van der Waals surface area contributed by atoms with E-state index in [2.05, 4.69) is 16.9 Å². The summed E-state index contributed by atoms with van der Waals surface area (Å²) in [6.45, 7) is 2.22. The number of hydrogen-bond donors (Lipinski definition) is 1. The van der Waals surface area contributed by atoms with Crippen LogP contribution in [0.1, 0.15) is 50.4 Å². The Morgan fingerprint density at radius 2 is 2.00 bits per heavy atom. The van der Waals surface area contributed by atoms with E-state index in [4.69, 9.17) is 10.5 Å². The Bertz CT molecular complexity index is 802. The topological polar surface area (TPSA) is 61.0 Å². The van der Waals surface area contributed by atoms with Crippen LogP contribution in [0.2, 0.25) is 0 Å². The van der Waals surface area contributed by atoms with Gasteiger partial charge in [-0.3, -0.25) is 4.98 Å². The Balaban J connectivity index is 1.84. The first-order valence-electron chi connectivity index (χ1n) is 8.73. The molecule has 1 fully saturated rings. The first-order valence-corrected chi connectivity index (χ1v) is 8.73. The van der Waals surface area contributed by atoms with Crippen molar-refractivity contribution in [3.05, 3.63) is 41.9 Å². The van der Waals surface area contributed by atoms with Crippen molar-refractivity contribution < 1.29 is 22.3 Å². The van der Waals surface area contributed by atoms with Gasteiger partial charge in [0.25, 0.3) is 12.9 Å². The molecule has 3 rings (SSSR count). The molecule has 0 amide bonds. The number of nitrogens with two attached hydrogens (primary N) is 1. The minimum absolute atomic E-state index is 0.0405. The Morgan fingerprint density at radius 1 is 1.22 bits per heavy atom. The summed E-state index contributed by atoms with van der Waals surface area (Å²) in [4.78, 5) is 7.50. The molecule has 2 unspecified atom stereocenters. The zero-order valence-electron chi connectivity index (χ0n) is 14.8. The summed E-state index contributed by atoms with van der Waals surface area (Å²) in [5.41, 5.74) is 5.22. The molecule has 0 saturated heterocycles. The SMILES string of the molecule is CC1CCC(N)(COc2ccc(-c3ccnc(C(F)F)c3)nc2C(F)F)C1. The van der Waals surface area contributed by atoms with Gasteiger partial charge in [0.1, 0.15) is 23.7 Å². The maximum atomic E-state index is 13.5. The van der Waals surface area contributed by atoms with E-state index in [1.807, 2.05) is 0 Å². The van der Waals surface area contributed by atoms with Crippen molar-refractivity contribution in [2.24, 2.45) is 11.7 Å². The van der Waals surface area contributed by atoms with Crippen LogP contribution in [0, 0.1) is 5.92 Å². The molecule has 0 bridgehead atoms. The van der Waals surface area contributed by atoms with Crippen molar-refractivity contribution in [2.75, 3.05) is 6.61 Å². The molecule has 146 valence electrons. The monoisotopic (exact) mass is 383 g/mol. The largest absolute Gasteiger partial charge is 0.490 e. The molecule has 27 heavy (non-hydrogen) atoms. The molecule has 2 aromatic heterocycles. The fourth-order valence-corrected chi connectivity index (χ4v) is 3.41. The molecule has 8 heteroatoms. The quantitative estimate of drug-likeness (QED) is 0.720. The smallest absolute Gasteiger partial charge is 0.284 e. The van der Waals surface area contributed by atoms with Crippen molar-refractivity contribution in [1.82, 2.24) is 9.97 Å². The maximum Gasteiger partial charge on any atom is 0.284 e. The zero-order valence-corrected chi connectivity index (χ0v) is 14.8. The van der Waals surface area contributed by atoms with Gasteiger partial charge in [0, 0.05) is 11.8 Å². The Hall–Kier alpha value is -2.22. The van der Waals surface area contributed by atoms with E-state index < -0.39 is 29.8 Å². The summed E-state index contributed by atoms with van der Waals surface area (Å²) in [5, 5.41) is 0. The number of aromatic nitrogens is 2. The van der Waals surface area contributed by atoms with Gasteiger partial charge in [-0.1, -0.05) is 6.92 Å². The Labute approximate surface area is 154 Å². The third kappa shape index (κ3) is 4.55. The minimum Gasteiger partial charge on any atom is -0.490 e. The summed E-state index contributed by atoms with van der Waals surface area (Å²) in [6, 6.07) is 5.43. The van der Waals surface area contributed by atoms with Crippen LogP contribution < -0.4 is 10.5 Å². The number of alkyl halides is 4. The predicted octanol–water partition coefficient (Wildman–Crippen LogP) is 4.92. The van der Waals surface area contributed by atoms with Crippen LogP contribution >= 0.6 is 0 Å². The molecule has 1 aliphatic rings. The molecule has 0 aromatic carbocycles. The molecule has 0 aliphatic heterocycles. The highest BCUT2D eigenvalue weighted by molar-refractivity contribution is 5.60. The molecule has 0 radical (unpaired) electrons. The molecular formula is C19H21F4N3O. The normalized spacial score (nSPS) is 22.6. The molecule has 1 aliphatic carbocycles. The van der Waals surface area contributed by atoms with E-state index in [1.165, 1.54) is 24.4 Å². The number of pyridine rings is 2. The molecule has 4 nitrogen and oxygen atoms in total. The second-order valence-electron chi connectivity index (χ2n) is 7.15. The molecule has 2 heterocycles. The maximum absolute atomic E-state index is 13.5. The molecular weight excluding hydrogens is 362 g/mol. The standard InChI is InChI=1S/C19H21F4N3O/c1-11-4-6-19(24,9-11)10-27-15-3-2-13(26-16(15)18(22)23)12-5-7-25-14(8-12)17(20)21/h2-3,5,7-8,11,17-18H,4,6,9-10,24H2,1H3. The van der Waals surface area contributed by atoms with Crippen LogP contribution in [-0.4, -0.2) is 22.1 Å². The van der Waals surface area contributed by atoms with E-state index >= 15 is 0 Å². The van der Waals surface area contributed by atoms with E-state index in [-0.39, 0.29) is 23.6 Å². The number of hydrogen-bond acceptors (Lipinski definition) is 4. The third-order valence-corrected chi connectivity index (χ3v) is 4.80. The summed E-state index contributed by atoms with van der Waals surface area (Å²) < 4.78 is 58.2. The fourth-order valence-electron chi connectivity index (χ4n) is 3.41. The average molecular weight is 383 g/mol. The van der Waals surface area contributed by atoms with Crippen LogP contribution in [0.5, 0.6) is 5.75 Å². The van der Waals surface area contributed by atoms with Crippen LogP contribution in [0.4, 0.5) is 17.6 Å². The summed E-state index contributed by atoms with van der Waals surface area (Å²) >= 11 is 0. The Morgan fingerprint density at radius 3 is 2.63 bits per heavy atom. The lowest BCUT2D eigenvalue weighted by atomic mass is 9.99. The molecule has 2 atom stereocenters. The summed E-state index contributed by atoms with van der Waals surface area (Å²) in [7, 11) is 0. The van der Waals surface area contributed by atoms with Crippen molar-refractivity contribution in [1.29, 1.82) is 0 Å². The predicted molar refractivity (Wildman–Crippen MR) is 92.8 cm³/mol. The second-order valence-corrected chi connectivity index (χ2v) is 7.15. The van der Waals surface area contributed by atoms with E-state index in [1.54, 1.807) is 0 Å². The van der Waals surface area contributed by atoms with Crippen molar-refractivity contribution in [2.45, 2.75) is 44.6 Å². The highest BCUT2D eigenvalue weighted by Gasteiger charge is 2.35. The fraction of sp³-hybridized carbons (Fsp3) is 0.474. The lowest BCUT2D eigenvalue weighted by Crippen LogP contribution is -2.43. The lowest BCUT2D eigenvalue weighted by Gasteiger charge is -2.24. The summed E-state index contributed by atoms with van der Waals surface area (Å²) in [5.74, 6) is 0.436. The van der Waals surface area contributed by atoms with Gasteiger partial charge >= 0.3 is 0 Å². The van der Waals surface area contributed by atoms with Gasteiger partial charge in [-0.05, 0) is 49.4 Å².